The molecule has 2 aromatic rings. The van der Waals surface area contributed by atoms with Crippen LogP contribution in [-0.2, 0) is 14.3 Å². The van der Waals surface area contributed by atoms with E-state index >= 15 is 0 Å². The van der Waals surface area contributed by atoms with E-state index in [2.05, 4.69) is 5.32 Å². The number of esters is 1. The highest BCUT2D eigenvalue weighted by Crippen LogP contribution is 2.26. The number of hydrogen-bond donors (Lipinski definition) is 2. The van der Waals surface area contributed by atoms with Gasteiger partial charge in [0.2, 0.25) is 5.91 Å². The van der Waals surface area contributed by atoms with Gasteiger partial charge in [-0.1, -0.05) is 35.3 Å². The van der Waals surface area contributed by atoms with Crippen molar-refractivity contribution in [2.24, 2.45) is 5.73 Å². The maximum Gasteiger partial charge on any atom is 0.338 e. The lowest BCUT2D eigenvalue weighted by atomic mass is 10.2. The largest absolute Gasteiger partial charge is 0.452 e. The summed E-state index contributed by atoms with van der Waals surface area (Å²) in [5.74, 6) is -1.61. The maximum atomic E-state index is 12.0. The molecule has 0 bridgehead atoms. The van der Waals surface area contributed by atoms with Crippen molar-refractivity contribution >= 4 is 58.4 Å². The van der Waals surface area contributed by atoms with Crippen molar-refractivity contribution in [3.05, 3.63) is 58.1 Å². The first-order valence-electron chi connectivity index (χ1n) is 7.29. The second kappa shape index (κ2) is 9.47. The Balaban J connectivity index is 1.93. The van der Waals surface area contributed by atoms with Gasteiger partial charge in [-0.3, -0.25) is 9.59 Å². The summed E-state index contributed by atoms with van der Waals surface area (Å²) in [4.78, 5) is 35.6. The summed E-state index contributed by atoms with van der Waals surface area (Å²) >= 11 is 12.8. The normalized spacial score (nSPS) is 10.2. The molecule has 0 aliphatic carbocycles. The monoisotopic (exact) mass is 412 g/mol. The minimum atomic E-state index is -0.699. The van der Waals surface area contributed by atoms with Gasteiger partial charge in [-0.2, -0.15) is 0 Å². The van der Waals surface area contributed by atoms with Crippen molar-refractivity contribution in [1.29, 1.82) is 0 Å². The number of carbonyl (C=O) groups is 3. The zero-order chi connectivity index (χ0) is 19.1. The van der Waals surface area contributed by atoms with Crippen molar-refractivity contribution in [2.75, 3.05) is 17.7 Å². The Morgan fingerprint density at radius 2 is 1.81 bits per heavy atom. The Labute approximate surface area is 164 Å². The summed E-state index contributed by atoms with van der Waals surface area (Å²) in [5.41, 5.74) is 5.81. The molecule has 0 heterocycles. The number of nitrogens with two attached hydrogens (primary N) is 1. The zero-order valence-electron chi connectivity index (χ0n) is 13.3. The van der Waals surface area contributed by atoms with E-state index in [4.69, 9.17) is 33.7 Å². The molecule has 0 saturated carbocycles. The Bertz CT molecular complexity index is 845. The molecular formula is C17H14Cl2N2O4S. The number of amides is 2. The number of nitrogens with one attached hydrogen (secondary N) is 1. The third kappa shape index (κ3) is 5.94. The van der Waals surface area contributed by atoms with Crippen LogP contribution >= 0.6 is 35.0 Å². The van der Waals surface area contributed by atoms with E-state index in [1.54, 1.807) is 24.3 Å². The number of thioether (sulfide) groups is 1. The van der Waals surface area contributed by atoms with Crippen molar-refractivity contribution in [3.8, 4) is 0 Å². The van der Waals surface area contributed by atoms with Crippen LogP contribution in [0.1, 0.15) is 10.4 Å². The fourth-order valence-electron chi connectivity index (χ4n) is 1.87. The highest BCUT2D eigenvalue weighted by atomic mass is 35.5. The van der Waals surface area contributed by atoms with E-state index in [0.717, 1.165) is 0 Å². The predicted molar refractivity (Wildman–Crippen MR) is 102 cm³/mol. The molecule has 2 amide bonds. The Morgan fingerprint density at radius 3 is 2.50 bits per heavy atom. The number of ether oxygens (including phenoxy) is 1. The van der Waals surface area contributed by atoms with E-state index in [9.17, 15) is 14.4 Å². The van der Waals surface area contributed by atoms with Crippen LogP contribution < -0.4 is 11.1 Å². The summed E-state index contributed by atoms with van der Waals surface area (Å²) in [7, 11) is 0. The molecule has 0 aliphatic heterocycles. The summed E-state index contributed by atoms with van der Waals surface area (Å²) in [6.07, 6.45) is 0. The SMILES string of the molecule is NC(=O)CSc1ccccc1NC(=O)COC(=O)c1ccc(Cl)c(Cl)c1. The molecule has 0 unspecified atom stereocenters. The molecular weight excluding hydrogens is 399 g/mol. The summed E-state index contributed by atoms with van der Waals surface area (Å²) in [5, 5.41) is 3.15. The predicted octanol–water partition coefficient (Wildman–Crippen LogP) is 3.37. The molecule has 136 valence electrons. The van der Waals surface area contributed by atoms with Crippen LogP contribution in [0.4, 0.5) is 5.69 Å². The van der Waals surface area contributed by atoms with Gasteiger partial charge in [0.15, 0.2) is 6.61 Å². The molecule has 0 atom stereocenters. The first kappa shape index (κ1) is 20.1. The van der Waals surface area contributed by atoms with E-state index in [-0.39, 0.29) is 16.3 Å². The minimum Gasteiger partial charge on any atom is -0.452 e. The van der Waals surface area contributed by atoms with Gasteiger partial charge < -0.3 is 15.8 Å². The third-order valence-corrected chi connectivity index (χ3v) is 4.86. The van der Waals surface area contributed by atoms with E-state index in [1.165, 1.54) is 30.0 Å². The fourth-order valence-corrected chi connectivity index (χ4v) is 2.91. The molecule has 0 aliphatic rings. The molecule has 3 N–H and O–H groups in total. The van der Waals surface area contributed by atoms with Crippen LogP contribution in [0, 0.1) is 0 Å². The Kier molecular flexibility index (Phi) is 7.32. The van der Waals surface area contributed by atoms with Crippen LogP contribution in [0.15, 0.2) is 47.4 Å². The molecule has 0 aromatic heterocycles. The standard InChI is InChI=1S/C17H14Cl2N2O4S/c18-11-6-5-10(7-12(11)19)17(24)25-8-16(23)21-13-3-1-2-4-14(13)26-9-15(20)22/h1-7H,8-9H2,(H2,20,22)(H,21,23). The van der Waals surface area contributed by atoms with Gasteiger partial charge in [-0.15, -0.1) is 11.8 Å². The molecule has 0 spiro atoms. The van der Waals surface area contributed by atoms with Crippen molar-refractivity contribution in [3.63, 3.8) is 0 Å². The van der Waals surface area contributed by atoms with Crippen molar-refractivity contribution < 1.29 is 19.1 Å². The first-order chi connectivity index (χ1) is 12.4. The molecule has 2 aromatic carbocycles. The molecule has 2 rings (SSSR count). The Hall–Kier alpha value is -2.22. The lowest BCUT2D eigenvalue weighted by molar-refractivity contribution is -0.119. The van der Waals surface area contributed by atoms with Crippen LogP contribution in [0.3, 0.4) is 0 Å². The average molecular weight is 413 g/mol. The number of carbonyl (C=O) groups excluding carboxylic acids is 3. The van der Waals surface area contributed by atoms with Gasteiger partial charge in [0.1, 0.15) is 0 Å². The molecule has 0 saturated heterocycles. The van der Waals surface area contributed by atoms with Gasteiger partial charge in [0.25, 0.3) is 5.91 Å². The number of halogens is 2. The molecule has 9 heteroatoms. The van der Waals surface area contributed by atoms with Gasteiger partial charge in [0.05, 0.1) is 27.0 Å². The van der Waals surface area contributed by atoms with E-state index in [0.29, 0.717) is 15.6 Å². The topological polar surface area (TPSA) is 98.5 Å². The van der Waals surface area contributed by atoms with Crippen LogP contribution in [0.2, 0.25) is 10.0 Å². The van der Waals surface area contributed by atoms with E-state index < -0.39 is 24.4 Å². The van der Waals surface area contributed by atoms with Crippen LogP contribution in [0.5, 0.6) is 0 Å². The lowest BCUT2D eigenvalue weighted by Crippen LogP contribution is -2.21. The average Bonchev–Trinajstić information content (AvgIpc) is 2.61. The lowest BCUT2D eigenvalue weighted by Gasteiger charge is -2.10. The van der Waals surface area contributed by atoms with Gasteiger partial charge in [-0.25, -0.2) is 4.79 Å². The maximum absolute atomic E-state index is 12.0. The second-order valence-electron chi connectivity index (χ2n) is 5.00. The number of benzene rings is 2. The summed E-state index contributed by atoms with van der Waals surface area (Å²) in [6.45, 7) is -0.478. The summed E-state index contributed by atoms with van der Waals surface area (Å²) < 4.78 is 4.96. The third-order valence-electron chi connectivity index (χ3n) is 3.02. The van der Waals surface area contributed by atoms with Crippen molar-refractivity contribution in [2.45, 2.75) is 4.90 Å². The summed E-state index contributed by atoms with van der Waals surface area (Å²) in [6, 6.07) is 11.2. The van der Waals surface area contributed by atoms with Gasteiger partial charge >= 0.3 is 5.97 Å². The van der Waals surface area contributed by atoms with Gasteiger partial charge in [-0.05, 0) is 30.3 Å². The zero-order valence-corrected chi connectivity index (χ0v) is 15.7. The number of anilines is 1. The molecule has 6 nitrogen and oxygen atoms in total. The second-order valence-corrected chi connectivity index (χ2v) is 6.84. The molecule has 0 radical (unpaired) electrons. The van der Waals surface area contributed by atoms with Gasteiger partial charge in [0, 0.05) is 4.90 Å². The molecule has 0 fully saturated rings. The molecule has 26 heavy (non-hydrogen) atoms. The first-order valence-corrected chi connectivity index (χ1v) is 9.03. The minimum absolute atomic E-state index is 0.0825. The van der Waals surface area contributed by atoms with E-state index in [1.807, 2.05) is 0 Å². The smallest absolute Gasteiger partial charge is 0.338 e. The number of primary amides is 1. The van der Waals surface area contributed by atoms with Crippen LogP contribution in [-0.4, -0.2) is 30.1 Å². The van der Waals surface area contributed by atoms with Crippen molar-refractivity contribution in [1.82, 2.24) is 0 Å². The highest BCUT2D eigenvalue weighted by Gasteiger charge is 2.13. The highest BCUT2D eigenvalue weighted by molar-refractivity contribution is 8.00. The number of para-hydroxylation sites is 1. The quantitative estimate of drug-likeness (QED) is 0.536. The number of rotatable bonds is 7. The number of hydrogen-bond acceptors (Lipinski definition) is 5. The Morgan fingerprint density at radius 1 is 1.08 bits per heavy atom. The fraction of sp³-hybridized carbons (Fsp3) is 0.118. The van der Waals surface area contributed by atoms with Crippen LogP contribution in [0.25, 0.3) is 0 Å².